The summed E-state index contributed by atoms with van der Waals surface area (Å²) in [6.45, 7) is 3.68. The first kappa shape index (κ1) is 19.5. The third kappa shape index (κ3) is 3.58. The maximum absolute atomic E-state index is 13.0. The van der Waals surface area contributed by atoms with Crippen molar-refractivity contribution in [2.75, 3.05) is 19.7 Å². The van der Waals surface area contributed by atoms with Gasteiger partial charge in [-0.05, 0) is 30.3 Å². The van der Waals surface area contributed by atoms with Crippen molar-refractivity contribution in [2.24, 2.45) is 4.99 Å². The van der Waals surface area contributed by atoms with Crippen molar-refractivity contribution < 1.29 is 27.6 Å². The van der Waals surface area contributed by atoms with Crippen molar-refractivity contribution in [3.8, 4) is 0 Å². The number of benzene rings is 1. The number of hydrogen-bond donors (Lipinski definition) is 0. The number of piperidine rings is 1. The number of fused-ring (bicyclic) bond motifs is 1. The van der Waals surface area contributed by atoms with Crippen LogP contribution >= 0.6 is 11.8 Å². The molecule has 0 aliphatic carbocycles. The molecule has 0 radical (unpaired) electrons. The summed E-state index contributed by atoms with van der Waals surface area (Å²) in [5.74, 6) is -0.582. The number of ether oxygens (including phenoxy) is 2. The monoisotopic (exact) mass is 417 g/mol. The van der Waals surface area contributed by atoms with E-state index in [1.54, 1.807) is 0 Å². The van der Waals surface area contributed by atoms with Gasteiger partial charge in [-0.3, -0.25) is 15.1 Å². The van der Waals surface area contributed by atoms with E-state index in [1.807, 2.05) is 11.8 Å². The summed E-state index contributed by atoms with van der Waals surface area (Å²) in [6.07, 6.45) is -3.32. The number of nitrogens with zero attached hydrogens (tertiary/aromatic N) is 3. The average Bonchev–Trinajstić information content (AvgIpc) is 3.00. The Morgan fingerprint density at radius 3 is 2.64 bits per heavy atom. The highest BCUT2D eigenvalue weighted by atomic mass is 32.2. The van der Waals surface area contributed by atoms with Crippen LogP contribution in [0.2, 0.25) is 0 Å². The van der Waals surface area contributed by atoms with Crippen LogP contribution in [0.5, 0.6) is 0 Å². The van der Waals surface area contributed by atoms with Crippen LogP contribution in [0, 0.1) is 10.1 Å². The number of halogens is 3. The Morgan fingerprint density at radius 1 is 1.36 bits per heavy atom. The van der Waals surface area contributed by atoms with Crippen molar-refractivity contribution in [3.63, 3.8) is 0 Å². The van der Waals surface area contributed by atoms with Crippen LogP contribution in [0.15, 0.2) is 22.0 Å². The summed E-state index contributed by atoms with van der Waals surface area (Å²) in [6, 6.07) is 1.55. The van der Waals surface area contributed by atoms with E-state index in [2.05, 4.69) is 4.99 Å². The van der Waals surface area contributed by atoms with E-state index >= 15 is 0 Å². The number of nitro benzene ring substituents is 1. The van der Waals surface area contributed by atoms with Gasteiger partial charge in [0.25, 0.3) is 5.69 Å². The Morgan fingerprint density at radius 2 is 2.07 bits per heavy atom. The van der Waals surface area contributed by atoms with Gasteiger partial charge in [-0.25, -0.2) is 0 Å². The number of hydrogen-bond acceptors (Lipinski definition) is 7. The van der Waals surface area contributed by atoms with Crippen LogP contribution in [0.4, 0.5) is 18.9 Å². The summed E-state index contributed by atoms with van der Waals surface area (Å²) in [5, 5.41) is 12.0. The van der Waals surface area contributed by atoms with E-state index in [1.165, 1.54) is 0 Å². The minimum absolute atomic E-state index is 0.0197. The van der Waals surface area contributed by atoms with E-state index in [9.17, 15) is 23.3 Å². The summed E-state index contributed by atoms with van der Waals surface area (Å²) in [4.78, 5) is 17.2. The second-order valence-electron chi connectivity index (χ2n) is 7.08. The molecule has 0 saturated carbocycles. The third-order valence-electron chi connectivity index (χ3n) is 5.04. The SMILES string of the molecule is C[C@H]1COC2(CCN(C3=NCc4cc(C(F)(F)F)cc([N+](=O)[O-])c4S3)CC2)O1. The molecule has 3 aliphatic heterocycles. The summed E-state index contributed by atoms with van der Waals surface area (Å²) in [5.41, 5.74) is -1.34. The number of thioether (sulfide) groups is 1. The molecule has 2 fully saturated rings. The minimum Gasteiger partial charge on any atom is -0.351 e. The van der Waals surface area contributed by atoms with Crippen LogP contribution in [-0.2, 0) is 22.2 Å². The van der Waals surface area contributed by atoms with Crippen LogP contribution in [0.1, 0.15) is 30.9 Å². The maximum Gasteiger partial charge on any atom is 0.416 e. The van der Waals surface area contributed by atoms with Gasteiger partial charge < -0.3 is 14.4 Å². The fourth-order valence-electron chi connectivity index (χ4n) is 3.65. The van der Waals surface area contributed by atoms with Gasteiger partial charge >= 0.3 is 6.18 Å². The van der Waals surface area contributed by atoms with Crippen LogP contribution < -0.4 is 0 Å². The molecule has 11 heteroatoms. The molecule has 0 unspecified atom stereocenters. The van der Waals surface area contributed by atoms with Gasteiger partial charge in [0.05, 0.1) is 34.6 Å². The lowest BCUT2D eigenvalue weighted by Crippen LogP contribution is -2.47. The number of aliphatic imine (C=N–C) groups is 1. The molecule has 7 nitrogen and oxygen atoms in total. The van der Waals surface area contributed by atoms with Crippen molar-refractivity contribution in [1.29, 1.82) is 0 Å². The smallest absolute Gasteiger partial charge is 0.351 e. The minimum atomic E-state index is -4.64. The molecule has 0 N–H and O–H groups in total. The fourth-order valence-corrected chi connectivity index (χ4v) is 4.77. The predicted molar refractivity (Wildman–Crippen MR) is 95.1 cm³/mol. The van der Waals surface area contributed by atoms with E-state index in [0.29, 0.717) is 43.8 Å². The van der Waals surface area contributed by atoms with Crippen LogP contribution in [-0.4, -0.2) is 46.6 Å². The highest BCUT2D eigenvalue weighted by Crippen LogP contribution is 2.43. The number of rotatable bonds is 1. The van der Waals surface area contributed by atoms with Gasteiger partial charge in [0.15, 0.2) is 11.0 Å². The molecule has 3 aliphatic rings. The second kappa shape index (κ2) is 6.89. The standard InChI is InChI=1S/C17H18F3N3O4S/c1-10-9-26-16(27-10)2-4-22(5-3-16)15-21-8-11-6-12(17(18,19)20)7-13(23(24)25)14(11)28-15/h6-7,10H,2-5,8-9H2,1H3/t10-/m0/s1. The molecule has 1 aromatic rings. The van der Waals surface area contributed by atoms with Crippen LogP contribution in [0.3, 0.4) is 0 Å². The first-order valence-corrected chi connectivity index (χ1v) is 9.66. The van der Waals surface area contributed by atoms with Crippen molar-refractivity contribution in [3.05, 3.63) is 33.4 Å². The zero-order valence-electron chi connectivity index (χ0n) is 15.0. The maximum atomic E-state index is 13.0. The van der Waals surface area contributed by atoms with E-state index in [0.717, 1.165) is 17.8 Å². The number of alkyl halides is 3. The van der Waals surface area contributed by atoms with Crippen molar-refractivity contribution in [1.82, 2.24) is 4.90 Å². The highest BCUT2D eigenvalue weighted by Gasteiger charge is 2.43. The van der Waals surface area contributed by atoms with E-state index in [4.69, 9.17) is 9.47 Å². The lowest BCUT2D eigenvalue weighted by atomic mass is 10.0. The molecule has 1 aromatic carbocycles. The first-order valence-electron chi connectivity index (χ1n) is 8.84. The Kier molecular flexibility index (Phi) is 4.79. The molecular formula is C17H18F3N3O4S. The summed E-state index contributed by atoms with van der Waals surface area (Å²) < 4.78 is 50.8. The van der Waals surface area contributed by atoms with Gasteiger partial charge in [-0.15, -0.1) is 0 Å². The quantitative estimate of drug-likeness (QED) is 0.511. The van der Waals surface area contributed by atoms with E-state index in [-0.39, 0.29) is 23.1 Å². The number of nitro groups is 1. The first-order chi connectivity index (χ1) is 13.2. The van der Waals surface area contributed by atoms with Gasteiger partial charge in [0, 0.05) is 32.0 Å². The van der Waals surface area contributed by atoms with Gasteiger partial charge in [0.2, 0.25) is 0 Å². The lowest BCUT2D eigenvalue weighted by Gasteiger charge is -2.39. The van der Waals surface area contributed by atoms with Gasteiger partial charge in [-0.1, -0.05) is 0 Å². The Bertz CT molecular complexity index is 838. The Hall–Kier alpha value is -1.85. The zero-order valence-corrected chi connectivity index (χ0v) is 15.8. The molecule has 0 aromatic heterocycles. The molecule has 28 heavy (non-hydrogen) atoms. The average molecular weight is 417 g/mol. The highest BCUT2D eigenvalue weighted by molar-refractivity contribution is 8.14. The number of amidine groups is 1. The Labute approximate surface area is 163 Å². The number of likely N-dealkylation sites (tertiary alicyclic amines) is 1. The topological polar surface area (TPSA) is 77.2 Å². The van der Waals surface area contributed by atoms with Crippen molar-refractivity contribution >= 4 is 22.6 Å². The third-order valence-corrected chi connectivity index (χ3v) is 6.29. The molecule has 1 spiro atoms. The van der Waals surface area contributed by atoms with Gasteiger partial charge in [0.1, 0.15) is 0 Å². The van der Waals surface area contributed by atoms with Crippen LogP contribution in [0.25, 0.3) is 0 Å². The molecule has 152 valence electrons. The fraction of sp³-hybridized carbons (Fsp3) is 0.588. The zero-order chi connectivity index (χ0) is 20.1. The van der Waals surface area contributed by atoms with Gasteiger partial charge in [-0.2, -0.15) is 13.2 Å². The largest absolute Gasteiger partial charge is 0.416 e. The summed E-state index contributed by atoms with van der Waals surface area (Å²) in [7, 11) is 0. The summed E-state index contributed by atoms with van der Waals surface area (Å²) >= 11 is 1.05. The molecule has 0 bridgehead atoms. The normalized spacial score (nSPS) is 24.2. The lowest BCUT2D eigenvalue weighted by molar-refractivity contribution is -0.388. The predicted octanol–water partition coefficient (Wildman–Crippen LogP) is 3.80. The van der Waals surface area contributed by atoms with E-state index < -0.39 is 28.1 Å². The molecule has 1 atom stereocenters. The molecule has 4 rings (SSSR count). The second-order valence-corrected chi connectivity index (χ2v) is 8.05. The molecular weight excluding hydrogens is 399 g/mol. The molecule has 2 saturated heterocycles. The molecule has 3 heterocycles. The molecule has 0 amide bonds. The Balaban J connectivity index is 1.54. The van der Waals surface area contributed by atoms with Crippen molar-refractivity contribution in [2.45, 2.75) is 49.3 Å².